The van der Waals surface area contributed by atoms with Gasteiger partial charge in [0.25, 0.3) is 11.1 Å². The molecule has 24 heteroatoms. The molecule has 2 aromatic heterocycles. The van der Waals surface area contributed by atoms with Crippen LogP contribution in [0.1, 0.15) is 69.6 Å². The summed E-state index contributed by atoms with van der Waals surface area (Å²) in [6.07, 6.45) is 0. The Morgan fingerprint density at radius 3 is 1.24 bits per heavy atom. The van der Waals surface area contributed by atoms with Crippen LogP contribution in [0, 0.1) is 66.2 Å². The second-order valence-electron chi connectivity index (χ2n) is 14.4. The van der Waals surface area contributed by atoms with Crippen molar-refractivity contribution in [2.75, 3.05) is 26.8 Å². The molecule has 0 atom stereocenters. The molecule has 0 saturated carbocycles. The minimum Gasteiger partial charge on any atom is -0.477 e. The number of rotatable bonds is 10. The molecule has 0 fully saturated rings. The van der Waals surface area contributed by atoms with E-state index in [1.54, 1.807) is 39.6 Å². The summed E-state index contributed by atoms with van der Waals surface area (Å²) in [6, 6.07) is 5.02. The number of carboxylic acids is 1. The average molecular weight is 1040 g/mol. The summed E-state index contributed by atoms with van der Waals surface area (Å²) in [4.78, 5) is 71.5. The highest BCUT2D eigenvalue weighted by Crippen LogP contribution is 2.20. The summed E-state index contributed by atoms with van der Waals surface area (Å²) in [6.45, 7) is 8.25. The minimum atomic E-state index is -1.60. The number of carbonyl (C=O) groups excluding carboxylic acids is 3. The molecule has 68 heavy (non-hydrogen) atoms. The Morgan fingerprint density at radius 1 is 0.588 bits per heavy atom. The highest BCUT2D eigenvalue weighted by Gasteiger charge is 2.31. The number of likely N-dealkylation sites (N-methyl/N-ethyl adjacent to an activating group) is 1. The number of carbonyl (C=O) groups is 4. The van der Waals surface area contributed by atoms with Gasteiger partial charge < -0.3 is 19.5 Å². The molecule has 0 bridgehead atoms. The third kappa shape index (κ3) is 12.8. The Hall–Kier alpha value is -6.85. The summed E-state index contributed by atoms with van der Waals surface area (Å²) >= 11 is 2.99. The first-order chi connectivity index (χ1) is 31.7. The fourth-order valence-corrected chi connectivity index (χ4v) is 6.59. The number of esters is 2. The van der Waals surface area contributed by atoms with Gasteiger partial charge >= 0.3 is 17.9 Å². The number of aromatic nitrogens is 4. The van der Waals surface area contributed by atoms with Crippen molar-refractivity contribution >= 4 is 39.6 Å². The van der Waals surface area contributed by atoms with Gasteiger partial charge in [0.05, 0.1) is 44.2 Å². The molecule has 1 N–H and O–H groups in total. The molecule has 368 valence electrons. The predicted molar refractivity (Wildman–Crippen MR) is 228 cm³/mol. The highest BCUT2D eigenvalue weighted by molar-refractivity contribution is 9.08. The van der Waals surface area contributed by atoms with E-state index in [0.29, 0.717) is 28.9 Å². The number of halogens is 10. The Labute approximate surface area is 389 Å². The van der Waals surface area contributed by atoms with Crippen LogP contribution in [0.4, 0.5) is 39.5 Å². The van der Waals surface area contributed by atoms with Crippen molar-refractivity contribution in [1.82, 2.24) is 23.6 Å². The van der Waals surface area contributed by atoms with Gasteiger partial charge in [0.15, 0.2) is 58.1 Å². The number of hydrogen-bond acceptors (Lipinski definition) is 9. The quantitative estimate of drug-likeness (QED) is 0.0501. The van der Waals surface area contributed by atoms with Crippen molar-refractivity contribution in [2.24, 2.45) is 14.1 Å². The van der Waals surface area contributed by atoms with E-state index in [1.165, 1.54) is 30.4 Å². The lowest BCUT2D eigenvalue weighted by Gasteiger charge is -2.09. The third-order valence-electron chi connectivity index (χ3n) is 10.0. The van der Waals surface area contributed by atoms with E-state index in [2.05, 4.69) is 15.9 Å². The van der Waals surface area contributed by atoms with Crippen LogP contribution in [0.15, 0.2) is 57.3 Å². The SMILES string of the molecule is CCOC(=O)C1=C(C)N(C)CC1=O.CCOC(=O)c1c(C)n(C)n(Cc2cc(F)c(F)c(F)c2)c1=O.Cc1c(C(=O)O)c(=O)n(Cc2cc(F)c(F)c(F)c2)n1C.Fc1cc(CBr)cc(F)c1F. The van der Waals surface area contributed by atoms with Crippen molar-refractivity contribution in [2.45, 2.75) is 53.0 Å². The Kier molecular flexibility index (Phi) is 19.4. The molecule has 3 heterocycles. The summed E-state index contributed by atoms with van der Waals surface area (Å²) in [5, 5.41) is 9.29. The second-order valence-corrected chi connectivity index (χ2v) is 15.0. The van der Waals surface area contributed by atoms with Crippen LogP contribution in [0.5, 0.6) is 0 Å². The van der Waals surface area contributed by atoms with Gasteiger partial charge in [-0.3, -0.25) is 23.7 Å². The van der Waals surface area contributed by atoms with Crippen LogP contribution in [-0.4, -0.2) is 79.2 Å². The lowest BCUT2D eigenvalue weighted by Crippen LogP contribution is -2.25. The van der Waals surface area contributed by atoms with E-state index in [0.717, 1.165) is 45.8 Å². The molecule has 0 saturated heterocycles. The smallest absolute Gasteiger partial charge is 0.345 e. The van der Waals surface area contributed by atoms with E-state index in [9.17, 15) is 68.3 Å². The molecule has 5 aromatic rings. The van der Waals surface area contributed by atoms with Crippen LogP contribution in [0.25, 0.3) is 0 Å². The van der Waals surface area contributed by atoms with E-state index in [1.807, 2.05) is 0 Å². The summed E-state index contributed by atoms with van der Waals surface area (Å²) in [7, 11) is 4.74. The Balaban J connectivity index is 0.000000250. The van der Waals surface area contributed by atoms with Crippen molar-refractivity contribution < 1.29 is 73.3 Å². The van der Waals surface area contributed by atoms with Gasteiger partial charge in [0.1, 0.15) is 16.7 Å². The fourth-order valence-electron chi connectivity index (χ4n) is 6.27. The largest absolute Gasteiger partial charge is 0.477 e. The van der Waals surface area contributed by atoms with Crippen molar-refractivity contribution in [1.29, 1.82) is 0 Å². The molecule has 0 amide bonds. The number of carboxylic acid groups (broad SMARTS) is 1. The molecule has 1 aliphatic rings. The number of ether oxygens (including phenoxy) is 2. The summed E-state index contributed by atoms with van der Waals surface area (Å²) < 4.78 is 130. The average Bonchev–Trinajstić information content (AvgIpc) is 3.74. The first kappa shape index (κ1) is 55.5. The van der Waals surface area contributed by atoms with Gasteiger partial charge in [-0.15, -0.1) is 0 Å². The predicted octanol–water partition coefficient (Wildman–Crippen LogP) is 7.13. The molecule has 0 radical (unpaired) electrons. The number of ketones is 1. The zero-order valence-electron chi connectivity index (χ0n) is 37.4. The number of hydrogen-bond donors (Lipinski definition) is 1. The number of allylic oxidation sites excluding steroid dienone is 1. The van der Waals surface area contributed by atoms with Gasteiger partial charge in [-0.25, -0.2) is 63.3 Å². The van der Waals surface area contributed by atoms with Crippen LogP contribution in [0.3, 0.4) is 0 Å². The van der Waals surface area contributed by atoms with Crippen LogP contribution in [-0.2, 0) is 51.6 Å². The zero-order chi connectivity index (χ0) is 51.6. The molecule has 1 aliphatic heterocycles. The molecule has 14 nitrogen and oxygen atoms in total. The maximum atomic E-state index is 13.3. The fraction of sp³-hybridized carbons (Fsp3) is 0.318. The monoisotopic (exact) mass is 1040 g/mol. The lowest BCUT2D eigenvalue weighted by atomic mass is 10.2. The second kappa shape index (κ2) is 23.7. The molecule has 0 spiro atoms. The number of nitrogens with zero attached hydrogens (tertiary/aromatic N) is 5. The molecule has 6 rings (SSSR count). The number of aromatic carboxylic acids is 1. The van der Waals surface area contributed by atoms with Crippen molar-refractivity contribution in [3.05, 3.63) is 160 Å². The zero-order valence-corrected chi connectivity index (χ0v) is 39.0. The topological polar surface area (TPSA) is 164 Å². The summed E-state index contributed by atoms with van der Waals surface area (Å²) in [5.41, 5.74) is -0.106. The van der Waals surface area contributed by atoms with E-state index in [4.69, 9.17) is 14.6 Å². The van der Waals surface area contributed by atoms with Crippen LogP contribution >= 0.6 is 15.9 Å². The van der Waals surface area contributed by atoms with Gasteiger partial charge in [-0.05, 0) is 87.7 Å². The summed E-state index contributed by atoms with van der Waals surface area (Å²) in [5.74, 6) is -15.1. The maximum Gasteiger partial charge on any atom is 0.345 e. The first-order valence-corrected chi connectivity index (χ1v) is 20.9. The molecule has 0 aliphatic carbocycles. The van der Waals surface area contributed by atoms with E-state index in [-0.39, 0.29) is 60.0 Å². The van der Waals surface area contributed by atoms with Gasteiger partial charge in [0.2, 0.25) is 0 Å². The standard InChI is InChI=1S/C15H15F3N2O3.C13H11F3N2O3.C9H13NO3.C7H4BrF3/c1-4-23-15(22)12-8(2)19(3)20(14(12)21)7-9-5-10(16)13(18)11(17)6-9;1-6-10(13(20)21)12(19)18(17(6)2)5-7-3-8(14)11(16)9(15)4-7;1-4-13-9(12)8-6(2)10(3)5-7(8)11;8-3-4-1-5(9)7(11)6(10)2-4/h5-6H,4,7H2,1-3H3;3-4H,5H2,1-2H3,(H,20,21);4-5H2,1-3H3;1-2H,3H2. The van der Waals surface area contributed by atoms with Gasteiger partial charge in [-0.1, -0.05) is 15.9 Å². The van der Waals surface area contributed by atoms with Crippen LogP contribution in [0.2, 0.25) is 0 Å². The maximum absolute atomic E-state index is 13.3. The number of alkyl halides is 1. The number of benzene rings is 3. The molecular formula is C44H43BrF9N5O9. The Morgan fingerprint density at radius 2 is 0.926 bits per heavy atom. The van der Waals surface area contributed by atoms with Gasteiger partial charge in [0, 0.05) is 32.2 Å². The first-order valence-electron chi connectivity index (χ1n) is 19.8. The van der Waals surface area contributed by atoms with Crippen molar-refractivity contribution in [3.63, 3.8) is 0 Å². The van der Waals surface area contributed by atoms with Crippen molar-refractivity contribution in [3.8, 4) is 0 Å². The third-order valence-corrected chi connectivity index (χ3v) is 10.7. The van der Waals surface area contributed by atoms with E-state index >= 15 is 0 Å². The Bertz CT molecular complexity index is 2840. The molecule has 0 unspecified atom stereocenters. The normalized spacial score (nSPS) is 11.9. The minimum absolute atomic E-state index is 0.00559. The van der Waals surface area contributed by atoms with E-state index < -0.39 is 86.9 Å². The highest BCUT2D eigenvalue weighted by atomic mass is 79.9. The van der Waals surface area contributed by atoms with Gasteiger partial charge in [-0.2, -0.15) is 0 Å². The van der Waals surface area contributed by atoms with Crippen LogP contribution < -0.4 is 11.1 Å². The molecular weight excluding hydrogens is 993 g/mol. The molecule has 3 aromatic carbocycles. The number of Topliss-reactive ketones (excluding diaryl/α,β-unsaturated/α-hetero) is 1. The lowest BCUT2D eigenvalue weighted by molar-refractivity contribution is -0.139.